The third-order valence-corrected chi connectivity index (χ3v) is 14.1. The van der Waals surface area contributed by atoms with Crippen molar-refractivity contribution in [2.24, 2.45) is 11.0 Å². The molecule has 1 aliphatic rings. The van der Waals surface area contributed by atoms with Gasteiger partial charge in [0, 0.05) is 0 Å². The van der Waals surface area contributed by atoms with Crippen molar-refractivity contribution < 1.29 is 44.1 Å². The average molecular weight is 885 g/mol. The molecule has 0 amide bonds. The fourth-order valence-electron chi connectivity index (χ4n) is 6.50. The molecule has 3 aromatic carbocycles. The summed E-state index contributed by atoms with van der Waals surface area (Å²) < 4.78 is 52.3. The second-order valence-electron chi connectivity index (χ2n) is 16.0. The third-order valence-electron chi connectivity index (χ3n) is 9.66. The molecule has 3 aromatic rings. The van der Waals surface area contributed by atoms with E-state index < -0.39 is 44.1 Å². The first-order chi connectivity index (χ1) is 28.1. The molecule has 0 bridgehead atoms. The molecule has 0 N–H and O–H groups in total. The van der Waals surface area contributed by atoms with Crippen LogP contribution in [0.5, 0.6) is 11.5 Å². The Labute approximate surface area is 352 Å². The van der Waals surface area contributed by atoms with Gasteiger partial charge in [0.05, 0.1) is 0 Å². The van der Waals surface area contributed by atoms with Crippen LogP contribution in [0.15, 0.2) is 77.9 Å². The van der Waals surface area contributed by atoms with Crippen LogP contribution < -0.4 is 13.9 Å². The molecule has 0 aliphatic carbocycles. The van der Waals surface area contributed by atoms with Gasteiger partial charge in [-0.25, -0.2) is 0 Å². The van der Waals surface area contributed by atoms with E-state index in [1.807, 2.05) is 58.0 Å². The van der Waals surface area contributed by atoms with Crippen molar-refractivity contribution in [1.29, 1.82) is 0 Å². The number of hydrogen-bond donors (Lipinski definition) is 0. The maximum atomic E-state index is 14.3. The van der Waals surface area contributed by atoms with Gasteiger partial charge in [0.15, 0.2) is 0 Å². The maximum absolute atomic E-state index is 14.3. The first-order valence-electron chi connectivity index (χ1n) is 20.5. The van der Waals surface area contributed by atoms with E-state index in [2.05, 4.69) is 41.8 Å². The fraction of sp³-hybridized carbons (Fsp3) is 0.545. The third kappa shape index (κ3) is 15.1. The van der Waals surface area contributed by atoms with Crippen molar-refractivity contribution in [3.05, 3.63) is 99.9 Å². The summed E-state index contributed by atoms with van der Waals surface area (Å²) in [6.07, 6.45) is 0.185. The number of methoxy groups -OCH3 is 1. The summed E-state index contributed by atoms with van der Waals surface area (Å²) in [5, 5.41) is 3.61. The summed E-state index contributed by atoms with van der Waals surface area (Å²) in [6, 6.07) is 23.3. The van der Waals surface area contributed by atoms with Gasteiger partial charge in [-0.05, 0) is 0 Å². The Kier molecular flexibility index (Phi) is 18.0. The standard InChI is InChI=1S/C44H61N3O9SeSi/c1-9-31(2)20-21-36(54-42(48)32-16-12-10-13-17-32)41-37(55-44(3,4)56-41)22-23-39(57-34-18-14-11-15-19-34)35-28-33(51-25-24-46-47-45)29-38(53-30-50-5)40(35)43(49)52-26-27-58(6,7)8/h10-19,28-29,31,36-37,39,41H,9,20-27,30H2,1-8H3/t31-,36+,37?,39+,41+/m0/s1/i9T/t9-,31-,36+,37?,39+,41+. The summed E-state index contributed by atoms with van der Waals surface area (Å²) in [5.41, 5.74) is 10.3. The molecule has 0 aromatic heterocycles. The molecule has 0 spiro atoms. The zero-order valence-corrected chi connectivity index (χ0v) is 37.9. The molecule has 12 nitrogen and oxygen atoms in total. The quantitative estimate of drug-likeness (QED) is 0.0163. The number of esters is 2. The van der Waals surface area contributed by atoms with Gasteiger partial charge < -0.3 is 0 Å². The van der Waals surface area contributed by atoms with Crippen molar-refractivity contribution in [3.63, 3.8) is 0 Å². The number of nitrogens with zero attached hydrogens (tertiary/aromatic N) is 3. The molecular weight excluding hydrogens is 822 g/mol. The van der Waals surface area contributed by atoms with Crippen LogP contribution in [0.2, 0.25) is 25.7 Å². The van der Waals surface area contributed by atoms with Crippen LogP contribution in [0, 0.1) is 5.92 Å². The molecule has 0 saturated carbocycles. The molecule has 1 heterocycles. The van der Waals surface area contributed by atoms with Crippen LogP contribution in [0.3, 0.4) is 0 Å². The minimum absolute atomic E-state index is 0.0688. The van der Waals surface area contributed by atoms with Crippen molar-refractivity contribution in [2.45, 2.75) is 114 Å². The SMILES string of the molecule is [3H][C@@H](C)[C@H](C)CC[C@@H](OC(=O)c1ccccc1)[C@H]1OC(C)(C)OC1CC[C@@H]([Se]c1ccccc1)c1cc(OCCN=[N+]=[N-])cc(OCOC)c1C(=O)OCC[Si](C)(C)C. The summed E-state index contributed by atoms with van der Waals surface area (Å²) in [7, 11) is -0.0181. The monoisotopic (exact) mass is 885 g/mol. The topological polar surface area (TPSA) is 148 Å². The molecule has 4 rings (SSSR count). The number of ether oxygens (including phenoxy) is 7. The number of carbonyl (C=O) groups excluding carboxylic acids is 2. The van der Waals surface area contributed by atoms with Crippen LogP contribution in [-0.2, 0) is 23.7 Å². The van der Waals surface area contributed by atoms with E-state index in [0.29, 0.717) is 48.1 Å². The van der Waals surface area contributed by atoms with Gasteiger partial charge in [-0.2, -0.15) is 0 Å². The molecule has 1 unspecified atom stereocenters. The van der Waals surface area contributed by atoms with Gasteiger partial charge >= 0.3 is 354 Å². The average Bonchev–Trinajstić information content (AvgIpc) is 3.52. The van der Waals surface area contributed by atoms with Gasteiger partial charge in [-0.15, -0.1) is 0 Å². The number of carbonyl (C=O) groups is 2. The number of benzene rings is 3. The van der Waals surface area contributed by atoms with E-state index in [1.165, 1.54) is 7.11 Å². The predicted molar refractivity (Wildman–Crippen MR) is 229 cm³/mol. The van der Waals surface area contributed by atoms with Gasteiger partial charge in [-0.1, -0.05) is 0 Å². The fourth-order valence-corrected chi connectivity index (χ4v) is 9.75. The van der Waals surface area contributed by atoms with Crippen molar-refractivity contribution in [2.75, 3.05) is 33.7 Å². The zero-order chi connectivity index (χ0) is 43.0. The molecule has 1 saturated heterocycles. The van der Waals surface area contributed by atoms with E-state index >= 15 is 0 Å². The van der Waals surface area contributed by atoms with Gasteiger partial charge in [0.25, 0.3) is 0 Å². The molecule has 0 radical (unpaired) electrons. The molecule has 1 aliphatic heterocycles. The number of rotatable bonds is 24. The van der Waals surface area contributed by atoms with Crippen LogP contribution in [0.25, 0.3) is 10.4 Å². The Bertz CT molecular complexity index is 1830. The van der Waals surface area contributed by atoms with Crippen LogP contribution in [0.4, 0.5) is 0 Å². The molecule has 316 valence electrons. The van der Waals surface area contributed by atoms with Gasteiger partial charge in [0.2, 0.25) is 0 Å². The first-order valence-corrected chi connectivity index (χ1v) is 25.5. The molecule has 14 heteroatoms. The Hall–Kier alpha value is -3.87. The summed E-state index contributed by atoms with van der Waals surface area (Å²) in [4.78, 5) is 30.4. The second kappa shape index (κ2) is 23.1. The van der Waals surface area contributed by atoms with Crippen LogP contribution in [0.1, 0.15) is 92.2 Å². The van der Waals surface area contributed by atoms with Gasteiger partial charge in [-0.3, -0.25) is 0 Å². The summed E-state index contributed by atoms with van der Waals surface area (Å²) in [6.45, 7) is 14.7. The first kappa shape index (κ1) is 45.2. The van der Waals surface area contributed by atoms with Gasteiger partial charge in [0.1, 0.15) is 0 Å². The normalized spacial score (nSPS) is 18.5. The second-order valence-corrected chi connectivity index (χ2v) is 24.3. The Morgan fingerprint density at radius 2 is 1.69 bits per heavy atom. The zero-order valence-electron chi connectivity index (χ0n) is 36.2. The Morgan fingerprint density at radius 1 is 0.983 bits per heavy atom. The van der Waals surface area contributed by atoms with Crippen molar-refractivity contribution in [1.82, 2.24) is 0 Å². The summed E-state index contributed by atoms with van der Waals surface area (Å²) in [5.74, 6) is -1.13. The van der Waals surface area contributed by atoms with E-state index in [9.17, 15) is 9.59 Å². The predicted octanol–water partition coefficient (Wildman–Crippen LogP) is 9.28. The molecular formula is C44H61N3O9SeSi. The number of azide groups is 1. The molecule has 1 fully saturated rings. The van der Waals surface area contributed by atoms with Crippen LogP contribution >= 0.6 is 0 Å². The van der Waals surface area contributed by atoms with Crippen molar-refractivity contribution >= 4 is 39.4 Å². The minimum atomic E-state index is -1.53. The van der Waals surface area contributed by atoms with Crippen LogP contribution in [-0.4, -0.2) is 92.7 Å². The molecule has 58 heavy (non-hydrogen) atoms. The Balaban J connectivity index is 1.77. The van der Waals surface area contributed by atoms with E-state index in [1.54, 1.807) is 30.3 Å². The van der Waals surface area contributed by atoms with Crippen molar-refractivity contribution in [3.8, 4) is 11.5 Å². The summed E-state index contributed by atoms with van der Waals surface area (Å²) >= 11 is -0.222. The number of hydrogen-bond acceptors (Lipinski definition) is 10. The molecule has 6 atom stereocenters. The Morgan fingerprint density at radius 3 is 2.34 bits per heavy atom. The van der Waals surface area contributed by atoms with E-state index in [-0.39, 0.29) is 64.4 Å². The van der Waals surface area contributed by atoms with E-state index in [4.69, 9.17) is 40.1 Å². The van der Waals surface area contributed by atoms with E-state index in [0.717, 1.165) is 10.5 Å².